The van der Waals surface area contributed by atoms with Crippen LogP contribution in [0, 0.1) is 0 Å². The van der Waals surface area contributed by atoms with Crippen molar-refractivity contribution in [1.82, 2.24) is 14.8 Å². The molecule has 0 bridgehead atoms. The molecule has 0 aliphatic heterocycles. The van der Waals surface area contributed by atoms with Gasteiger partial charge in [-0.3, -0.25) is 0 Å². The molecule has 2 aromatic heterocycles. The summed E-state index contributed by atoms with van der Waals surface area (Å²) in [4.78, 5) is 10.9. The molecule has 0 saturated carbocycles. The summed E-state index contributed by atoms with van der Waals surface area (Å²) < 4.78 is 14.1. The maximum atomic E-state index is 10.9. The summed E-state index contributed by atoms with van der Waals surface area (Å²) in [6.07, 6.45) is 0.929. The Bertz CT molecular complexity index is 1780. The lowest BCUT2D eigenvalue weighted by Crippen LogP contribution is -2.03. The zero-order valence-electron chi connectivity index (χ0n) is 21.1. The Balaban J connectivity index is 1.26. The Hall–Kier alpha value is -5.17. The molecule has 7 heteroatoms. The van der Waals surface area contributed by atoms with E-state index in [0.29, 0.717) is 37.0 Å². The fourth-order valence-electron chi connectivity index (χ4n) is 4.74. The van der Waals surface area contributed by atoms with E-state index in [2.05, 4.69) is 82.0 Å². The summed E-state index contributed by atoms with van der Waals surface area (Å²) in [6.45, 7) is 3.92. The van der Waals surface area contributed by atoms with Crippen LogP contribution < -0.4 is 4.74 Å². The average Bonchev–Trinajstić information content (AvgIpc) is 3.59. The SMILES string of the molecule is C=C(CCCOc1cccc(-c2nnc(-c3cccc(-n4c5ccccc5c5ccccc54)c3)o2)c1)C(=O)O. The maximum absolute atomic E-state index is 10.9. The molecule has 0 aliphatic carbocycles. The van der Waals surface area contributed by atoms with Gasteiger partial charge in [0.15, 0.2) is 0 Å². The summed E-state index contributed by atoms with van der Waals surface area (Å²) in [6, 6.07) is 32.3. The summed E-state index contributed by atoms with van der Waals surface area (Å²) in [5.41, 5.74) is 5.00. The molecule has 4 aromatic carbocycles. The lowest BCUT2D eigenvalue weighted by molar-refractivity contribution is -0.132. The third kappa shape index (κ3) is 4.78. The maximum Gasteiger partial charge on any atom is 0.330 e. The van der Waals surface area contributed by atoms with E-state index in [9.17, 15) is 4.79 Å². The fraction of sp³-hybridized carbons (Fsp3) is 0.0938. The monoisotopic (exact) mass is 515 g/mol. The average molecular weight is 516 g/mol. The largest absolute Gasteiger partial charge is 0.494 e. The van der Waals surface area contributed by atoms with Crippen LogP contribution in [-0.2, 0) is 4.79 Å². The number of hydrogen-bond donors (Lipinski definition) is 1. The molecule has 7 nitrogen and oxygen atoms in total. The number of aromatic nitrogens is 3. The zero-order chi connectivity index (χ0) is 26.8. The van der Waals surface area contributed by atoms with Crippen LogP contribution in [0.1, 0.15) is 12.8 Å². The van der Waals surface area contributed by atoms with E-state index in [1.807, 2.05) is 36.4 Å². The van der Waals surface area contributed by atoms with Gasteiger partial charge in [-0.2, -0.15) is 0 Å². The van der Waals surface area contributed by atoms with Crippen molar-refractivity contribution < 1.29 is 19.1 Å². The number of carboxylic acid groups (broad SMARTS) is 1. The van der Waals surface area contributed by atoms with E-state index in [4.69, 9.17) is 14.3 Å². The number of carbonyl (C=O) groups is 1. The Morgan fingerprint density at radius 1 is 0.821 bits per heavy atom. The first kappa shape index (κ1) is 24.2. The van der Waals surface area contributed by atoms with Crippen molar-refractivity contribution in [3.8, 4) is 34.3 Å². The second kappa shape index (κ2) is 10.3. The smallest absolute Gasteiger partial charge is 0.330 e. The molecule has 39 heavy (non-hydrogen) atoms. The normalized spacial score (nSPS) is 11.2. The van der Waals surface area contributed by atoms with Crippen LogP contribution >= 0.6 is 0 Å². The Kier molecular flexibility index (Phi) is 6.39. The third-order valence-corrected chi connectivity index (χ3v) is 6.63. The minimum absolute atomic E-state index is 0.174. The fourth-order valence-corrected chi connectivity index (χ4v) is 4.74. The summed E-state index contributed by atoms with van der Waals surface area (Å²) in [5.74, 6) is 0.467. The highest BCUT2D eigenvalue weighted by atomic mass is 16.5. The van der Waals surface area contributed by atoms with Gasteiger partial charge in [0.05, 0.1) is 17.6 Å². The second-order valence-electron chi connectivity index (χ2n) is 9.22. The predicted octanol–water partition coefficient (Wildman–Crippen LogP) is 7.30. The van der Waals surface area contributed by atoms with Gasteiger partial charge in [0.25, 0.3) is 0 Å². The number of fused-ring (bicyclic) bond motifs is 3. The Morgan fingerprint density at radius 2 is 1.44 bits per heavy atom. The van der Waals surface area contributed by atoms with E-state index in [1.54, 1.807) is 0 Å². The molecule has 0 atom stereocenters. The van der Waals surface area contributed by atoms with Gasteiger partial charge in [0.2, 0.25) is 11.8 Å². The standard InChI is InChI=1S/C32H25N3O4/c1-21(32(36)37)9-8-18-38-25-13-7-11-23(20-25)31-34-33-30(39-31)22-10-6-12-24(19-22)35-28-16-4-2-14-26(28)27-15-3-5-17-29(27)35/h2-7,10-17,19-20H,1,8-9,18H2,(H,36,37). The quantitative estimate of drug-likeness (QED) is 0.160. The summed E-state index contributed by atoms with van der Waals surface area (Å²) in [7, 11) is 0. The van der Waals surface area contributed by atoms with Crippen LogP contribution in [0.3, 0.4) is 0 Å². The van der Waals surface area contributed by atoms with Crippen molar-refractivity contribution in [3.63, 3.8) is 0 Å². The molecular formula is C32H25N3O4. The number of nitrogens with zero attached hydrogens (tertiary/aromatic N) is 3. The highest BCUT2D eigenvalue weighted by molar-refractivity contribution is 6.09. The van der Waals surface area contributed by atoms with Gasteiger partial charge in [-0.1, -0.05) is 55.1 Å². The van der Waals surface area contributed by atoms with Gasteiger partial charge in [-0.25, -0.2) is 4.79 Å². The van der Waals surface area contributed by atoms with Gasteiger partial charge in [0, 0.05) is 33.2 Å². The highest BCUT2D eigenvalue weighted by Gasteiger charge is 2.15. The molecule has 6 rings (SSSR count). The first-order valence-electron chi connectivity index (χ1n) is 12.7. The van der Waals surface area contributed by atoms with E-state index < -0.39 is 5.97 Å². The molecule has 6 aromatic rings. The van der Waals surface area contributed by atoms with E-state index in [1.165, 1.54) is 10.8 Å². The topological polar surface area (TPSA) is 90.4 Å². The number of ether oxygens (including phenoxy) is 1. The van der Waals surface area contributed by atoms with E-state index in [-0.39, 0.29) is 5.57 Å². The van der Waals surface area contributed by atoms with E-state index >= 15 is 0 Å². The Morgan fingerprint density at radius 3 is 2.10 bits per heavy atom. The molecular weight excluding hydrogens is 490 g/mol. The predicted molar refractivity (Wildman–Crippen MR) is 151 cm³/mol. The second-order valence-corrected chi connectivity index (χ2v) is 9.22. The number of para-hydroxylation sites is 2. The van der Waals surface area contributed by atoms with Crippen LogP contribution in [0.15, 0.2) is 114 Å². The van der Waals surface area contributed by atoms with Crippen LogP contribution in [-0.4, -0.2) is 32.4 Å². The van der Waals surface area contributed by atoms with Gasteiger partial charge in [-0.15, -0.1) is 10.2 Å². The molecule has 2 heterocycles. The van der Waals surface area contributed by atoms with Gasteiger partial charge in [0.1, 0.15) is 5.75 Å². The summed E-state index contributed by atoms with van der Waals surface area (Å²) >= 11 is 0. The van der Waals surface area contributed by atoms with Crippen molar-refractivity contribution in [2.75, 3.05) is 6.61 Å². The molecule has 192 valence electrons. The van der Waals surface area contributed by atoms with Crippen LogP contribution in [0.25, 0.3) is 50.4 Å². The lowest BCUT2D eigenvalue weighted by Gasteiger charge is -2.08. The number of hydrogen-bond acceptors (Lipinski definition) is 5. The third-order valence-electron chi connectivity index (χ3n) is 6.63. The number of aliphatic carboxylic acids is 1. The van der Waals surface area contributed by atoms with Crippen molar-refractivity contribution in [3.05, 3.63) is 109 Å². The van der Waals surface area contributed by atoms with E-state index in [0.717, 1.165) is 27.8 Å². The highest BCUT2D eigenvalue weighted by Crippen LogP contribution is 2.33. The van der Waals surface area contributed by atoms with Crippen LogP contribution in [0.4, 0.5) is 0 Å². The van der Waals surface area contributed by atoms with Crippen molar-refractivity contribution in [1.29, 1.82) is 0 Å². The minimum atomic E-state index is -0.982. The first-order chi connectivity index (χ1) is 19.1. The summed E-state index contributed by atoms with van der Waals surface area (Å²) in [5, 5.41) is 19.9. The minimum Gasteiger partial charge on any atom is -0.494 e. The first-order valence-corrected chi connectivity index (χ1v) is 12.7. The zero-order valence-corrected chi connectivity index (χ0v) is 21.1. The molecule has 0 radical (unpaired) electrons. The molecule has 0 aliphatic rings. The van der Waals surface area contributed by atoms with Gasteiger partial charge in [-0.05, 0) is 61.4 Å². The van der Waals surface area contributed by atoms with Gasteiger partial charge >= 0.3 is 5.97 Å². The Labute approximate surface area is 224 Å². The van der Waals surface area contributed by atoms with Crippen molar-refractivity contribution in [2.45, 2.75) is 12.8 Å². The molecule has 0 spiro atoms. The molecule has 1 N–H and O–H groups in total. The number of benzene rings is 4. The van der Waals surface area contributed by atoms with Crippen molar-refractivity contribution in [2.24, 2.45) is 0 Å². The lowest BCUT2D eigenvalue weighted by atomic mass is 10.2. The molecule has 0 saturated heterocycles. The molecule has 0 amide bonds. The van der Waals surface area contributed by atoms with Crippen molar-refractivity contribution >= 4 is 27.8 Å². The number of rotatable bonds is 9. The van der Waals surface area contributed by atoms with Crippen LogP contribution in [0.5, 0.6) is 5.75 Å². The molecule has 0 unspecified atom stereocenters. The number of carboxylic acids is 1. The van der Waals surface area contributed by atoms with Gasteiger partial charge < -0.3 is 18.8 Å². The van der Waals surface area contributed by atoms with Crippen LogP contribution in [0.2, 0.25) is 0 Å². The molecule has 0 fully saturated rings.